The molecule has 0 spiro atoms. The molecule has 12 heteroatoms. The van der Waals surface area contributed by atoms with Crippen LogP contribution in [0.5, 0.6) is 0 Å². The van der Waals surface area contributed by atoms with E-state index in [1.165, 1.54) is 12.1 Å². The molecule has 1 atom stereocenters. The molecule has 0 bridgehead atoms. The number of amides is 2. The van der Waals surface area contributed by atoms with Gasteiger partial charge in [0.25, 0.3) is 17.4 Å². The molecular formula is C25H21Cl2F3N4O3. The van der Waals surface area contributed by atoms with Crippen LogP contribution in [0.4, 0.5) is 18.9 Å². The molecule has 2 aliphatic heterocycles. The van der Waals surface area contributed by atoms with E-state index in [0.717, 1.165) is 22.1 Å². The summed E-state index contributed by atoms with van der Waals surface area (Å²) in [5, 5.41) is 3.96. The largest absolute Gasteiger partial charge is 0.374 e. The number of aromatic nitrogens is 1. The molecule has 2 amide bonds. The van der Waals surface area contributed by atoms with Gasteiger partial charge < -0.3 is 20.1 Å². The number of H-pyrrole nitrogens is 1. The van der Waals surface area contributed by atoms with Crippen molar-refractivity contribution < 1.29 is 22.8 Å². The Kier molecular flexibility index (Phi) is 6.35. The number of alkyl halides is 2. The maximum atomic E-state index is 14.8. The SMILES string of the molecule is CC1c2c(Cl)cc(Cl)cc2CCN1C(=O)CNc1cc2cc(C(=O)N3CC(F)(F)C3)[nH]c(=O)c2cc1F. The number of fused-ring (bicyclic) bond motifs is 2. The van der Waals surface area contributed by atoms with Crippen LogP contribution in [0.2, 0.25) is 10.0 Å². The average molecular weight is 553 g/mol. The summed E-state index contributed by atoms with van der Waals surface area (Å²) >= 11 is 12.5. The fourth-order valence-electron chi connectivity index (χ4n) is 4.88. The van der Waals surface area contributed by atoms with Crippen LogP contribution >= 0.6 is 23.2 Å². The summed E-state index contributed by atoms with van der Waals surface area (Å²) < 4.78 is 41.1. The first-order valence-electron chi connectivity index (χ1n) is 11.5. The second kappa shape index (κ2) is 9.25. The van der Waals surface area contributed by atoms with Gasteiger partial charge in [-0.15, -0.1) is 0 Å². The van der Waals surface area contributed by atoms with Crippen LogP contribution in [0.3, 0.4) is 0 Å². The Morgan fingerprint density at radius 2 is 1.89 bits per heavy atom. The van der Waals surface area contributed by atoms with Gasteiger partial charge in [0.15, 0.2) is 0 Å². The minimum atomic E-state index is -2.95. The number of pyridine rings is 1. The monoisotopic (exact) mass is 552 g/mol. The number of aromatic amines is 1. The fourth-order valence-corrected chi connectivity index (χ4v) is 5.57. The summed E-state index contributed by atoms with van der Waals surface area (Å²) in [6, 6.07) is 6.75. The first kappa shape index (κ1) is 25.4. The van der Waals surface area contributed by atoms with E-state index in [1.807, 2.05) is 13.0 Å². The maximum Gasteiger partial charge on any atom is 0.282 e. The highest BCUT2D eigenvalue weighted by atomic mass is 35.5. The van der Waals surface area contributed by atoms with Crippen LogP contribution in [0.1, 0.15) is 34.6 Å². The van der Waals surface area contributed by atoms with E-state index >= 15 is 0 Å². The first-order valence-corrected chi connectivity index (χ1v) is 12.2. The highest BCUT2D eigenvalue weighted by Crippen LogP contribution is 2.37. The highest BCUT2D eigenvalue weighted by molar-refractivity contribution is 6.35. The van der Waals surface area contributed by atoms with Crippen LogP contribution in [-0.2, 0) is 11.2 Å². The second-order valence-corrected chi connectivity index (χ2v) is 10.1. The van der Waals surface area contributed by atoms with E-state index in [0.29, 0.717) is 23.0 Å². The van der Waals surface area contributed by atoms with E-state index in [9.17, 15) is 27.6 Å². The summed E-state index contributed by atoms with van der Waals surface area (Å²) in [7, 11) is 0. The molecule has 1 fully saturated rings. The van der Waals surface area contributed by atoms with Crippen LogP contribution in [0.15, 0.2) is 35.1 Å². The molecule has 2 aromatic carbocycles. The molecule has 5 rings (SSSR count). The molecule has 0 aliphatic carbocycles. The second-order valence-electron chi connectivity index (χ2n) is 9.28. The molecule has 1 unspecified atom stereocenters. The summed E-state index contributed by atoms with van der Waals surface area (Å²) in [6.45, 7) is 0.585. The Balaban J connectivity index is 1.34. The van der Waals surface area contributed by atoms with Crippen molar-refractivity contribution in [2.45, 2.75) is 25.3 Å². The van der Waals surface area contributed by atoms with Gasteiger partial charge >= 0.3 is 0 Å². The Labute approximate surface area is 219 Å². The number of likely N-dealkylation sites (tertiary alicyclic amines) is 1. The number of rotatable bonds is 4. The van der Waals surface area contributed by atoms with E-state index in [1.54, 1.807) is 11.0 Å². The van der Waals surface area contributed by atoms with E-state index in [2.05, 4.69) is 10.3 Å². The lowest BCUT2D eigenvalue weighted by atomic mass is 9.93. The lowest BCUT2D eigenvalue weighted by Crippen LogP contribution is -2.58. The van der Waals surface area contributed by atoms with Crippen molar-refractivity contribution in [3.05, 3.63) is 73.4 Å². The average Bonchev–Trinajstić information content (AvgIpc) is 2.80. The molecule has 0 saturated carbocycles. The number of nitrogens with one attached hydrogen (secondary N) is 2. The quantitative estimate of drug-likeness (QED) is 0.494. The zero-order valence-electron chi connectivity index (χ0n) is 19.5. The third-order valence-corrected chi connectivity index (χ3v) is 7.26. The van der Waals surface area contributed by atoms with Crippen LogP contribution in [0, 0.1) is 5.82 Å². The molecule has 1 aromatic heterocycles. The Morgan fingerprint density at radius 1 is 1.16 bits per heavy atom. The standard InChI is InChI=1S/C25H21Cl2F3N4O3/c1-12-22-13(4-15(26)7-17(22)27)2-3-34(12)21(35)9-31-19-5-14-6-20(24(37)33-10-25(29,30)11-33)32-23(36)16(14)8-18(19)28/h4-8,12,31H,2-3,9-11H2,1H3,(H,32,36). The number of benzene rings is 2. The van der Waals surface area contributed by atoms with Gasteiger partial charge in [0, 0.05) is 16.6 Å². The Morgan fingerprint density at radius 3 is 2.59 bits per heavy atom. The van der Waals surface area contributed by atoms with Crippen molar-refractivity contribution in [2.24, 2.45) is 0 Å². The zero-order chi connectivity index (χ0) is 26.6. The van der Waals surface area contributed by atoms with Gasteiger partial charge in [0.1, 0.15) is 11.5 Å². The Bertz CT molecular complexity index is 1500. The zero-order valence-corrected chi connectivity index (χ0v) is 21.0. The molecule has 194 valence electrons. The minimum absolute atomic E-state index is 0.0190. The lowest BCUT2D eigenvalue weighted by Gasteiger charge is -2.38. The van der Waals surface area contributed by atoms with E-state index in [-0.39, 0.29) is 40.6 Å². The molecular weight excluding hydrogens is 532 g/mol. The summed E-state index contributed by atoms with van der Waals surface area (Å²) in [5.74, 6) is -4.75. The molecule has 2 N–H and O–H groups in total. The van der Waals surface area contributed by atoms with Crippen molar-refractivity contribution in [3.8, 4) is 0 Å². The van der Waals surface area contributed by atoms with E-state index in [4.69, 9.17) is 23.2 Å². The third-order valence-electron chi connectivity index (χ3n) is 6.73. The van der Waals surface area contributed by atoms with Gasteiger partial charge in [-0.2, -0.15) is 0 Å². The molecule has 2 aliphatic rings. The smallest absolute Gasteiger partial charge is 0.282 e. The molecule has 7 nitrogen and oxygen atoms in total. The summed E-state index contributed by atoms with van der Waals surface area (Å²) in [6.07, 6.45) is 0.568. The van der Waals surface area contributed by atoms with Gasteiger partial charge in [0.2, 0.25) is 5.91 Å². The van der Waals surface area contributed by atoms with Gasteiger partial charge in [0.05, 0.1) is 36.7 Å². The van der Waals surface area contributed by atoms with Gasteiger partial charge in [-0.1, -0.05) is 23.2 Å². The highest BCUT2D eigenvalue weighted by Gasteiger charge is 2.46. The number of anilines is 1. The van der Waals surface area contributed by atoms with Crippen molar-refractivity contribution in [3.63, 3.8) is 0 Å². The number of carbonyl (C=O) groups is 2. The molecule has 1 saturated heterocycles. The number of hydrogen-bond acceptors (Lipinski definition) is 4. The summed E-state index contributed by atoms with van der Waals surface area (Å²) in [5.41, 5.74) is 0.834. The third kappa shape index (κ3) is 4.75. The molecule has 37 heavy (non-hydrogen) atoms. The number of halogens is 5. The molecule has 0 radical (unpaired) electrons. The van der Waals surface area contributed by atoms with Crippen molar-refractivity contribution >= 4 is 51.5 Å². The fraction of sp³-hybridized carbons (Fsp3) is 0.320. The maximum absolute atomic E-state index is 14.8. The lowest BCUT2D eigenvalue weighted by molar-refractivity contribution is -0.131. The predicted octanol–water partition coefficient (Wildman–Crippen LogP) is 4.62. The van der Waals surface area contributed by atoms with Gasteiger partial charge in [-0.05, 0) is 60.2 Å². The van der Waals surface area contributed by atoms with Crippen molar-refractivity contribution in [2.75, 3.05) is 31.5 Å². The normalized spacial score (nSPS) is 18.4. The number of carbonyl (C=O) groups excluding carboxylic acids is 2. The Hall–Kier alpha value is -3.24. The van der Waals surface area contributed by atoms with Crippen LogP contribution in [0.25, 0.3) is 10.8 Å². The molecule has 3 heterocycles. The number of hydrogen-bond donors (Lipinski definition) is 2. The first-order chi connectivity index (χ1) is 17.4. The van der Waals surface area contributed by atoms with Gasteiger partial charge in [-0.3, -0.25) is 14.4 Å². The van der Waals surface area contributed by atoms with Crippen molar-refractivity contribution in [1.82, 2.24) is 14.8 Å². The van der Waals surface area contributed by atoms with Crippen LogP contribution in [-0.4, -0.2) is 58.7 Å². The summed E-state index contributed by atoms with van der Waals surface area (Å²) in [4.78, 5) is 42.8. The number of nitrogens with zero attached hydrogens (tertiary/aromatic N) is 2. The molecule has 3 aromatic rings. The topological polar surface area (TPSA) is 85.5 Å². The predicted molar refractivity (Wildman–Crippen MR) is 134 cm³/mol. The van der Waals surface area contributed by atoms with Gasteiger partial charge in [-0.25, -0.2) is 13.2 Å². The van der Waals surface area contributed by atoms with Crippen LogP contribution < -0.4 is 10.9 Å². The minimum Gasteiger partial charge on any atom is -0.374 e. The van der Waals surface area contributed by atoms with Crippen molar-refractivity contribution in [1.29, 1.82) is 0 Å². The van der Waals surface area contributed by atoms with E-state index < -0.39 is 36.3 Å².